The maximum Gasteiger partial charge on any atom is 0.335 e. The Morgan fingerprint density at radius 3 is 2.47 bits per heavy atom. The lowest BCUT2D eigenvalue weighted by atomic mass is 10.00. The summed E-state index contributed by atoms with van der Waals surface area (Å²) in [6.45, 7) is 5.35. The Balaban J connectivity index is 2.71. The van der Waals surface area contributed by atoms with Gasteiger partial charge in [-0.3, -0.25) is 0 Å². The topological polar surface area (TPSA) is 66.8 Å². The molecule has 0 aromatic rings. The van der Waals surface area contributed by atoms with Gasteiger partial charge >= 0.3 is 5.97 Å². The average Bonchev–Trinajstić information content (AvgIpc) is 2.48. The Bertz CT molecular complexity index is 239. The number of ether oxygens (including phenoxy) is 1. The van der Waals surface area contributed by atoms with Gasteiger partial charge in [0.25, 0.3) is 0 Å². The molecule has 0 saturated heterocycles. The summed E-state index contributed by atoms with van der Waals surface area (Å²) < 4.78 is 5.54. The molecule has 0 bridgehead atoms. The molecule has 0 radical (unpaired) electrons. The van der Waals surface area contributed by atoms with Gasteiger partial charge in [-0.1, -0.05) is 6.92 Å². The molecule has 1 aliphatic carbocycles. The molecular formula is C11H20O4. The second-order valence-corrected chi connectivity index (χ2v) is 4.71. The highest BCUT2D eigenvalue weighted by atomic mass is 16.5. The van der Waals surface area contributed by atoms with Gasteiger partial charge in [0.1, 0.15) is 0 Å². The van der Waals surface area contributed by atoms with E-state index in [9.17, 15) is 15.0 Å². The largest absolute Gasteiger partial charge is 0.479 e. The molecule has 1 saturated carbocycles. The van der Waals surface area contributed by atoms with Crippen LogP contribution in [0, 0.1) is 5.92 Å². The molecule has 4 atom stereocenters. The Morgan fingerprint density at radius 1 is 1.53 bits per heavy atom. The summed E-state index contributed by atoms with van der Waals surface area (Å²) in [5.74, 6) is -0.526. The van der Waals surface area contributed by atoms with E-state index in [1.54, 1.807) is 13.8 Å². The summed E-state index contributed by atoms with van der Waals surface area (Å²) in [4.78, 5) is 11.2. The van der Waals surface area contributed by atoms with Gasteiger partial charge < -0.3 is 14.9 Å². The van der Waals surface area contributed by atoms with E-state index < -0.39 is 23.8 Å². The number of aliphatic carboxylic acids is 1. The molecule has 0 aromatic carbocycles. The molecule has 4 heteroatoms. The molecule has 1 fully saturated rings. The van der Waals surface area contributed by atoms with Crippen molar-refractivity contribution in [3.63, 3.8) is 0 Å². The van der Waals surface area contributed by atoms with Crippen molar-refractivity contribution >= 4 is 5.97 Å². The van der Waals surface area contributed by atoms with Crippen molar-refractivity contribution < 1.29 is 19.7 Å². The van der Waals surface area contributed by atoms with E-state index in [2.05, 4.69) is 0 Å². The van der Waals surface area contributed by atoms with E-state index >= 15 is 0 Å². The third kappa shape index (κ3) is 2.69. The van der Waals surface area contributed by atoms with Crippen LogP contribution in [0.1, 0.15) is 40.0 Å². The van der Waals surface area contributed by atoms with Crippen molar-refractivity contribution in [2.24, 2.45) is 5.92 Å². The lowest BCUT2D eigenvalue weighted by molar-refractivity contribution is -0.179. The first-order chi connectivity index (χ1) is 6.87. The van der Waals surface area contributed by atoms with E-state index in [1.165, 1.54) is 0 Å². The Labute approximate surface area is 90.2 Å². The van der Waals surface area contributed by atoms with Crippen molar-refractivity contribution in [3.05, 3.63) is 0 Å². The predicted octanol–water partition coefficient (Wildman–Crippen LogP) is 1.42. The fourth-order valence-corrected chi connectivity index (χ4v) is 2.05. The SMILES string of the molecule is CC1CCC(OC(C)C(C)O)(C(=O)O)C1. The third-order valence-electron chi connectivity index (χ3n) is 3.20. The van der Waals surface area contributed by atoms with E-state index in [0.29, 0.717) is 18.8 Å². The summed E-state index contributed by atoms with van der Waals surface area (Å²) in [6, 6.07) is 0. The van der Waals surface area contributed by atoms with Crippen molar-refractivity contribution in [1.29, 1.82) is 0 Å². The molecule has 1 aliphatic rings. The fraction of sp³-hybridized carbons (Fsp3) is 0.909. The van der Waals surface area contributed by atoms with Gasteiger partial charge in [0, 0.05) is 0 Å². The van der Waals surface area contributed by atoms with Crippen LogP contribution in [0.5, 0.6) is 0 Å². The maximum absolute atomic E-state index is 11.2. The normalized spacial score (nSPS) is 35.1. The van der Waals surface area contributed by atoms with Crippen LogP contribution in [-0.4, -0.2) is 34.0 Å². The first-order valence-corrected chi connectivity index (χ1v) is 5.46. The summed E-state index contributed by atoms with van der Waals surface area (Å²) >= 11 is 0. The van der Waals surface area contributed by atoms with Crippen molar-refractivity contribution in [3.8, 4) is 0 Å². The van der Waals surface area contributed by atoms with Crippen LogP contribution in [0.3, 0.4) is 0 Å². The predicted molar refractivity (Wildman–Crippen MR) is 55.6 cm³/mol. The van der Waals surface area contributed by atoms with Crippen LogP contribution in [0.15, 0.2) is 0 Å². The van der Waals surface area contributed by atoms with Gasteiger partial charge in [-0.05, 0) is 39.0 Å². The molecule has 0 spiro atoms. The smallest absolute Gasteiger partial charge is 0.335 e. The van der Waals surface area contributed by atoms with Crippen LogP contribution < -0.4 is 0 Å². The molecular weight excluding hydrogens is 196 g/mol. The number of carbonyl (C=O) groups is 1. The number of carboxylic acid groups (broad SMARTS) is 1. The minimum absolute atomic E-state index is 0.377. The molecule has 0 heterocycles. The summed E-state index contributed by atoms with van der Waals surface area (Å²) in [6.07, 6.45) is 0.877. The van der Waals surface area contributed by atoms with Gasteiger partial charge in [-0.15, -0.1) is 0 Å². The number of hydrogen-bond donors (Lipinski definition) is 2. The van der Waals surface area contributed by atoms with Gasteiger partial charge in [0.05, 0.1) is 12.2 Å². The Kier molecular flexibility index (Phi) is 3.73. The minimum atomic E-state index is -1.07. The van der Waals surface area contributed by atoms with Crippen LogP contribution in [-0.2, 0) is 9.53 Å². The lowest BCUT2D eigenvalue weighted by Crippen LogP contribution is -2.44. The average molecular weight is 216 g/mol. The second kappa shape index (κ2) is 4.49. The molecule has 0 aliphatic heterocycles. The molecule has 4 nitrogen and oxygen atoms in total. The Hall–Kier alpha value is -0.610. The summed E-state index contributed by atoms with van der Waals surface area (Å²) in [5.41, 5.74) is -1.07. The number of aliphatic hydroxyl groups excluding tert-OH is 1. The minimum Gasteiger partial charge on any atom is -0.479 e. The second-order valence-electron chi connectivity index (χ2n) is 4.71. The van der Waals surface area contributed by atoms with Crippen LogP contribution in [0.2, 0.25) is 0 Å². The van der Waals surface area contributed by atoms with E-state index in [-0.39, 0.29) is 0 Å². The summed E-state index contributed by atoms with van der Waals surface area (Å²) in [7, 11) is 0. The van der Waals surface area contributed by atoms with Crippen LogP contribution in [0.4, 0.5) is 0 Å². The van der Waals surface area contributed by atoms with Crippen LogP contribution >= 0.6 is 0 Å². The number of carboxylic acids is 1. The number of rotatable bonds is 4. The zero-order valence-electron chi connectivity index (χ0n) is 9.56. The standard InChI is InChI=1S/C11H20O4/c1-7-4-5-11(6-7,10(13)14)15-9(3)8(2)12/h7-9,12H,4-6H2,1-3H3,(H,13,14). The van der Waals surface area contributed by atoms with Crippen LogP contribution in [0.25, 0.3) is 0 Å². The molecule has 0 aromatic heterocycles. The molecule has 4 unspecified atom stereocenters. The first kappa shape index (κ1) is 12.5. The van der Waals surface area contributed by atoms with Gasteiger partial charge in [-0.2, -0.15) is 0 Å². The van der Waals surface area contributed by atoms with Gasteiger partial charge in [0.2, 0.25) is 0 Å². The van der Waals surface area contributed by atoms with Gasteiger partial charge in [-0.25, -0.2) is 4.79 Å². The fourth-order valence-electron chi connectivity index (χ4n) is 2.05. The molecule has 0 amide bonds. The van der Waals surface area contributed by atoms with E-state index in [0.717, 1.165) is 6.42 Å². The highest BCUT2D eigenvalue weighted by molar-refractivity contribution is 5.78. The van der Waals surface area contributed by atoms with E-state index in [4.69, 9.17) is 4.74 Å². The van der Waals surface area contributed by atoms with E-state index in [1.807, 2.05) is 6.92 Å². The van der Waals surface area contributed by atoms with Crippen molar-refractivity contribution in [2.75, 3.05) is 0 Å². The number of hydrogen-bond acceptors (Lipinski definition) is 3. The summed E-state index contributed by atoms with van der Waals surface area (Å²) in [5, 5.41) is 18.5. The zero-order chi connectivity index (χ0) is 11.6. The quantitative estimate of drug-likeness (QED) is 0.745. The highest BCUT2D eigenvalue weighted by Crippen LogP contribution is 2.38. The third-order valence-corrected chi connectivity index (χ3v) is 3.20. The maximum atomic E-state index is 11.2. The molecule has 2 N–H and O–H groups in total. The Morgan fingerprint density at radius 2 is 2.13 bits per heavy atom. The molecule has 1 rings (SSSR count). The molecule has 15 heavy (non-hydrogen) atoms. The monoisotopic (exact) mass is 216 g/mol. The van der Waals surface area contributed by atoms with Crippen molar-refractivity contribution in [1.82, 2.24) is 0 Å². The van der Waals surface area contributed by atoms with Gasteiger partial charge in [0.15, 0.2) is 5.60 Å². The zero-order valence-corrected chi connectivity index (χ0v) is 9.56. The number of aliphatic hydroxyl groups is 1. The molecule has 88 valence electrons. The first-order valence-electron chi connectivity index (χ1n) is 5.46. The highest BCUT2D eigenvalue weighted by Gasteiger charge is 2.46. The lowest BCUT2D eigenvalue weighted by Gasteiger charge is -2.30. The van der Waals surface area contributed by atoms with Crippen molar-refractivity contribution in [2.45, 2.75) is 57.8 Å².